The van der Waals surface area contributed by atoms with Crippen LogP contribution in [-0.4, -0.2) is 25.8 Å². The summed E-state index contributed by atoms with van der Waals surface area (Å²) in [6.45, 7) is 8.33. The maximum Gasteiger partial charge on any atom is 0.309 e. The van der Waals surface area contributed by atoms with Crippen molar-refractivity contribution in [1.82, 2.24) is 0 Å². The van der Waals surface area contributed by atoms with Gasteiger partial charge in [0.25, 0.3) is 0 Å². The van der Waals surface area contributed by atoms with Crippen LogP contribution in [0.15, 0.2) is 0 Å². The van der Waals surface area contributed by atoms with Crippen LogP contribution < -0.4 is 0 Å². The lowest BCUT2D eigenvalue weighted by molar-refractivity contribution is -0.143. The molecule has 1 saturated carbocycles. The van der Waals surface area contributed by atoms with E-state index < -0.39 is 0 Å². The van der Waals surface area contributed by atoms with E-state index in [1.807, 2.05) is 0 Å². The van der Waals surface area contributed by atoms with E-state index in [1.54, 1.807) is 7.11 Å². The third kappa shape index (κ3) is 2.33. The topological polar surface area (TPSA) is 35.5 Å². The summed E-state index contributed by atoms with van der Waals surface area (Å²) in [7, 11) is 3.16. The van der Waals surface area contributed by atoms with E-state index in [9.17, 15) is 4.79 Å². The lowest BCUT2D eigenvalue weighted by Crippen LogP contribution is -2.24. The summed E-state index contributed by atoms with van der Waals surface area (Å²) in [5.41, 5.74) is -0.104. The number of rotatable bonds is 4. The highest BCUT2D eigenvalue weighted by Gasteiger charge is 2.63. The summed E-state index contributed by atoms with van der Waals surface area (Å²) in [4.78, 5) is 11.5. The Balaban J connectivity index is 2.63. The van der Waals surface area contributed by atoms with Gasteiger partial charge in [0.1, 0.15) is 0 Å². The molecule has 0 radical (unpaired) electrons. The number of carbonyl (C=O) groups is 1. The zero-order valence-electron chi connectivity index (χ0n) is 10.6. The average molecular weight is 214 g/mol. The second kappa shape index (κ2) is 3.78. The van der Waals surface area contributed by atoms with E-state index in [4.69, 9.17) is 9.47 Å². The molecule has 88 valence electrons. The minimum absolute atomic E-state index is 0.0388. The lowest BCUT2D eigenvalue weighted by Gasteiger charge is -2.23. The van der Waals surface area contributed by atoms with Gasteiger partial charge in [-0.2, -0.15) is 0 Å². The van der Waals surface area contributed by atoms with Crippen molar-refractivity contribution in [2.24, 2.45) is 17.3 Å². The average Bonchev–Trinajstić information content (AvgIpc) is 2.66. The summed E-state index contributed by atoms with van der Waals surface area (Å²) < 4.78 is 10.2. The van der Waals surface area contributed by atoms with Gasteiger partial charge in [-0.25, -0.2) is 0 Å². The largest absolute Gasteiger partial charge is 0.469 e. The smallest absolute Gasteiger partial charge is 0.309 e. The van der Waals surface area contributed by atoms with Crippen LogP contribution in [0.3, 0.4) is 0 Å². The van der Waals surface area contributed by atoms with Crippen molar-refractivity contribution in [3.63, 3.8) is 0 Å². The molecule has 1 fully saturated rings. The number of hydrogen-bond acceptors (Lipinski definition) is 3. The van der Waals surface area contributed by atoms with E-state index in [1.165, 1.54) is 7.11 Å². The predicted molar refractivity (Wildman–Crippen MR) is 58.5 cm³/mol. The molecule has 3 nitrogen and oxygen atoms in total. The zero-order valence-corrected chi connectivity index (χ0v) is 10.6. The molecule has 0 bridgehead atoms. The van der Waals surface area contributed by atoms with E-state index in [-0.39, 0.29) is 22.9 Å². The second-order valence-electron chi connectivity index (χ2n) is 5.60. The van der Waals surface area contributed by atoms with Crippen LogP contribution >= 0.6 is 0 Å². The van der Waals surface area contributed by atoms with Crippen LogP contribution in [0, 0.1) is 17.3 Å². The first-order chi connectivity index (χ1) is 6.76. The molecular weight excluding hydrogens is 192 g/mol. The minimum Gasteiger partial charge on any atom is -0.469 e. The van der Waals surface area contributed by atoms with Crippen LogP contribution in [0.4, 0.5) is 0 Å². The van der Waals surface area contributed by atoms with E-state index in [0.717, 1.165) is 6.42 Å². The number of ether oxygens (including phenoxy) is 2. The van der Waals surface area contributed by atoms with E-state index >= 15 is 0 Å². The highest BCUT2D eigenvalue weighted by Crippen LogP contribution is 2.61. The number of esters is 1. The van der Waals surface area contributed by atoms with Crippen molar-refractivity contribution in [3.05, 3.63) is 0 Å². The van der Waals surface area contributed by atoms with Gasteiger partial charge in [0.2, 0.25) is 0 Å². The number of carbonyl (C=O) groups excluding carboxylic acids is 1. The Kier molecular flexibility index (Phi) is 3.15. The molecule has 0 aliphatic heterocycles. The van der Waals surface area contributed by atoms with Gasteiger partial charge in [0.15, 0.2) is 0 Å². The van der Waals surface area contributed by atoms with Gasteiger partial charge in [-0.05, 0) is 31.6 Å². The van der Waals surface area contributed by atoms with Crippen molar-refractivity contribution in [3.8, 4) is 0 Å². The van der Waals surface area contributed by atoms with Gasteiger partial charge in [0, 0.05) is 7.11 Å². The fourth-order valence-electron chi connectivity index (χ4n) is 2.33. The molecule has 0 aromatic rings. The molecule has 0 amide bonds. The van der Waals surface area contributed by atoms with Gasteiger partial charge < -0.3 is 9.47 Å². The molecule has 2 atom stereocenters. The van der Waals surface area contributed by atoms with Crippen molar-refractivity contribution in [2.45, 2.75) is 39.7 Å². The summed E-state index contributed by atoms with van der Waals surface area (Å²) in [6.07, 6.45) is 0.899. The Morgan fingerprint density at radius 3 is 2.27 bits per heavy atom. The Morgan fingerprint density at radius 2 is 1.87 bits per heavy atom. The zero-order chi connectivity index (χ0) is 11.9. The van der Waals surface area contributed by atoms with Crippen LogP contribution in [0.1, 0.15) is 34.1 Å². The Labute approximate surface area is 92.1 Å². The third-order valence-electron chi connectivity index (χ3n) is 3.77. The van der Waals surface area contributed by atoms with Crippen molar-refractivity contribution in [1.29, 1.82) is 0 Å². The highest BCUT2D eigenvalue weighted by atomic mass is 16.5. The molecule has 0 N–H and O–H groups in total. The SMILES string of the molecule is COC(=O)[C@@H]1[C@H](CC(C)(C)OC)C1(C)C. The molecule has 0 heterocycles. The Morgan fingerprint density at radius 1 is 1.33 bits per heavy atom. The first kappa shape index (κ1) is 12.5. The fourth-order valence-corrected chi connectivity index (χ4v) is 2.33. The normalized spacial score (nSPS) is 28.7. The lowest BCUT2D eigenvalue weighted by atomic mass is 9.97. The number of hydrogen-bond donors (Lipinski definition) is 0. The summed E-state index contributed by atoms with van der Waals surface area (Å²) >= 11 is 0. The van der Waals surface area contributed by atoms with Crippen LogP contribution in [0.5, 0.6) is 0 Å². The summed E-state index contributed by atoms with van der Waals surface area (Å²) in [6, 6.07) is 0. The highest BCUT2D eigenvalue weighted by molar-refractivity contribution is 5.77. The number of methoxy groups -OCH3 is 2. The molecule has 0 spiro atoms. The van der Waals surface area contributed by atoms with Crippen molar-refractivity contribution in [2.75, 3.05) is 14.2 Å². The minimum atomic E-state index is -0.162. The third-order valence-corrected chi connectivity index (χ3v) is 3.77. The van der Waals surface area contributed by atoms with Gasteiger partial charge in [-0.1, -0.05) is 13.8 Å². The molecule has 1 aliphatic rings. The molecule has 1 aliphatic carbocycles. The molecule has 3 heteroatoms. The van der Waals surface area contributed by atoms with Crippen LogP contribution in [0.2, 0.25) is 0 Å². The molecule has 15 heavy (non-hydrogen) atoms. The quantitative estimate of drug-likeness (QED) is 0.673. The maximum absolute atomic E-state index is 11.5. The van der Waals surface area contributed by atoms with Crippen molar-refractivity contribution >= 4 is 5.97 Å². The fraction of sp³-hybridized carbons (Fsp3) is 0.917. The standard InChI is InChI=1S/C12H22O3/c1-11(2,15-6)7-8-9(10(13)14-5)12(8,3)4/h8-9H,7H2,1-6H3/t8-,9-/m0/s1. The Bertz CT molecular complexity index is 256. The first-order valence-corrected chi connectivity index (χ1v) is 5.39. The van der Waals surface area contributed by atoms with Gasteiger partial charge >= 0.3 is 5.97 Å². The monoisotopic (exact) mass is 214 g/mol. The van der Waals surface area contributed by atoms with Crippen molar-refractivity contribution < 1.29 is 14.3 Å². The molecule has 1 rings (SSSR count). The van der Waals surface area contributed by atoms with Gasteiger partial charge in [0.05, 0.1) is 18.6 Å². The van der Waals surface area contributed by atoms with E-state index in [0.29, 0.717) is 5.92 Å². The van der Waals surface area contributed by atoms with Gasteiger partial charge in [-0.3, -0.25) is 4.79 Å². The van der Waals surface area contributed by atoms with Gasteiger partial charge in [-0.15, -0.1) is 0 Å². The van der Waals surface area contributed by atoms with Crippen LogP contribution in [0.25, 0.3) is 0 Å². The molecule has 0 aromatic heterocycles. The Hall–Kier alpha value is -0.570. The van der Waals surface area contributed by atoms with Crippen LogP contribution in [-0.2, 0) is 14.3 Å². The molecular formula is C12H22O3. The molecule has 0 saturated heterocycles. The summed E-state index contributed by atoms with van der Waals surface area (Å²) in [5.74, 6) is 0.328. The second-order valence-corrected chi connectivity index (χ2v) is 5.60. The molecule has 0 unspecified atom stereocenters. The first-order valence-electron chi connectivity index (χ1n) is 5.39. The van der Waals surface area contributed by atoms with E-state index in [2.05, 4.69) is 27.7 Å². The summed E-state index contributed by atoms with van der Waals surface area (Å²) in [5, 5.41) is 0. The maximum atomic E-state index is 11.5. The predicted octanol–water partition coefficient (Wildman–Crippen LogP) is 2.25. The molecule has 0 aromatic carbocycles.